The minimum atomic E-state index is 0.213. The lowest BCUT2D eigenvalue weighted by Gasteiger charge is -2.21. The molecule has 0 saturated carbocycles. The minimum absolute atomic E-state index is 0.213. The third kappa shape index (κ3) is 3.58. The van der Waals surface area contributed by atoms with Crippen LogP contribution in [0.5, 0.6) is 5.75 Å². The lowest BCUT2D eigenvalue weighted by molar-refractivity contribution is 0.398. The van der Waals surface area contributed by atoms with Crippen LogP contribution < -0.4 is 10.1 Å². The molecule has 3 nitrogen and oxygen atoms in total. The normalized spacial score (nSPS) is 12.2. The van der Waals surface area contributed by atoms with Gasteiger partial charge in [0.1, 0.15) is 5.75 Å². The van der Waals surface area contributed by atoms with E-state index in [0.717, 1.165) is 24.4 Å². The first-order chi connectivity index (χ1) is 9.74. The standard InChI is InChI=1S/C17H22N2O/c1-4-18-16(12-14-7-5-6-10-19-14)15-9-8-13(2)11-17(15)20-3/h5-11,16,18H,4,12H2,1-3H3. The molecule has 1 heterocycles. The molecule has 1 N–H and O–H groups in total. The highest BCUT2D eigenvalue weighted by Gasteiger charge is 2.16. The Bertz CT molecular complexity index is 540. The third-order valence-electron chi connectivity index (χ3n) is 3.35. The number of rotatable bonds is 6. The Balaban J connectivity index is 2.28. The molecule has 1 unspecified atom stereocenters. The topological polar surface area (TPSA) is 34.2 Å². The van der Waals surface area contributed by atoms with Gasteiger partial charge in [0.25, 0.3) is 0 Å². The van der Waals surface area contributed by atoms with Gasteiger partial charge in [0.15, 0.2) is 0 Å². The first-order valence-corrected chi connectivity index (χ1v) is 7.02. The van der Waals surface area contributed by atoms with E-state index >= 15 is 0 Å². The van der Waals surface area contributed by atoms with E-state index in [4.69, 9.17) is 4.74 Å². The van der Waals surface area contributed by atoms with Crippen LogP contribution in [0.15, 0.2) is 42.6 Å². The number of aryl methyl sites for hydroxylation is 1. The van der Waals surface area contributed by atoms with Crippen LogP contribution in [-0.2, 0) is 6.42 Å². The van der Waals surface area contributed by atoms with Gasteiger partial charge in [0.05, 0.1) is 7.11 Å². The largest absolute Gasteiger partial charge is 0.496 e. The van der Waals surface area contributed by atoms with Crippen molar-refractivity contribution in [3.05, 3.63) is 59.4 Å². The molecule has 3 heteroatoms. The van der Waals surface area contributed by atoms with Crippen LogP contribution in [0.3, 0.4) is 0 Å². The fraction of sp³-hybridized carbons (Fsp3) is 0.353. The minimum Gasteiger partial charge on any atom is -0.496 e. The van der Waals surface area contributed by atoms with Crippen LogP contribution in [0, 0.1) is 6.92 Å². The predicted octanol–water partition coefficient (Wildman–Crippen LogP) is 3.29. The maximum atomic E-state index is 5.53. The van der Waals surface area contributed by atoms with Crippen molar-refractivity contribution in [3.8, 4) is 5.75 Å². The molecule has 1 atom stereocenters. The van der Waals surface area contributed by atoms with Crippen LogP contribution in [0.2, 0.25) is 0 Å². The third-order valence-corrected chi connectivity index (χ3v) is 3.35. The summed E-state index contributed by atoms with van der Waals surface area (Å²) in [5.41, 5.74) is 3.48. The van der Waals surface area contributed by atoms with Crippen molar-refractivity contribution in [3.63, 3.8) is 0 Å². The molecule has 20 heavy (non-hydrogen) atoms. The summed E-state index contributed by atoms with van der Waals surface area (Å²) in [6.45, 7) is 5.11. The van der Waals surface area contributed by atoms with Gasteiger partial charge in [-0.05, 0) is 37.2 Å². The molecule has 106 valence electrons. The Morgan fingerprint density at radius 3 is 2.75 bits per heavy atom. The van der Waals surface area contributed by atoms with E-state index in [0.29, 0.717) is 0 Å². The molecule has 2 rings (SSSR count). The molecular weight excluding hydrogens is 248 g/mol. The summed E-state index contributed by atoms with van der Waals surface area (Å²) < 4.78 is 5.53. The predicted molar refractivity (Wildman–Crippen MR) is 82.1 cm³/mol. The number of nitrogens with zero attached hydrogens (tertiary/aromatic N) is 1. The highest BCUT2D eigenvalue weighted by molar-refractivity contribution is 5.39. The van der Waals surface area contributed by atoms with E-state index in [-0.39, 0.29) is 6.04 Å². The van der Waals surface area contributed by atoms with Crippen molar-refractivity contribution in [1.82, 2.24) is 10.3 Å². The van der Waals surface area contributed by atoms with Crippen molar-refractivity contribution in [1.29, 1.82) is 0 Å². The molecular formula is C17H22N2O. The van der Waals surface area contributed by atoms with Crippen molar-refractivity contribution in [2.24, 2.45) is 0 Å². The zero-order valence-electron chi connectivity index (χ0n) is 12.4. The number of aromatic nitrogens is 1. The summed E-state index contributed by atoms with van der Waals surface area (Å²) in [5.74, 6) is 0.937. The molecule has 1 aromatic heterocycles. The molecule has 0 aliphatic rings. The van der Waals surface area contributed by atoms with E-state index < -0.39 is 0 Å². The van der Waals surface area contributed by atoms with Gasteiger partial charge >= 0.3 is 0 Å². The highest BCUT2D eigenvalue weighted by Crippen LogP contribution is 2.28. The molecule has 1 aromatic carbocycles. The molecule has 0 radical (unpaired) electrons. The number of nitrogens with one attached hydrogen (secondary N) is 1. The van der Waals surface area contributed by atoms with Gasteiger partial charge in [0.2, 0.25) is 0 Å². The Labute approximate surface area is 121 Å². The van der Waals surface area contributed by atoms with Crippen molar-refractivity contribution < 1.29 is 4.74 Å². The fourth-order valence-corrected chi connectivity index (χ4v) is 2.37. The van der Waals surface area contributed by atoms with Crippen LogP contribution in [0.4, 0.5) is 0 Å². The Morgan fingerprint density at radius 1 is 1.25 bits per heavy atom. The smallest absolute Gasteiger partial charge is 0.123 e. The number of pyridine rings is 1. The maximum Gasteiger partial charge on any atom is 0.123 e. The second kappa shape index (κ2) is 7.06. The van der Waals surface area contributed by atoms with Gasteiger partial charge in [0, 0.05) is 29.9 Å². The summed E-state index contributed by atoms with van der Waals surface area (Å²) in [4.78, 5) is 4.42. The summed E-state index contributed by atoms with van der Waals surface area (Å²) in [6.07, 6.45) is 2.69. The van der Waals surface area contributed by atoms with E-state index in [1.54, 1.807) is 7.11 Å². The van der Waals surface area contributed by atoms with Crippen molar-refractivity contribution >= 4 is 0 Å². The Kier molecular flexibility index (Phi) is 5.13. The molecule has 0 bridgehead atoms. The van der Waals surface area contributed by atoms with Gasteiger partial charge in [-0.15, -0.1) is 0 Å². The summed E-state index contributed by atoms with van der Waals surface area (Å²) in [5, 5.41) is 3.52. The summed E-state index contributed by atoms with van der Waals surface area (Å²) >= 11 is 0. The lowest BCUT2D eigenvalue weighted by Crippen LogP contribution is -2.23. The van der Waals surface area contributed by atoms with Crippen LogP contribution >= 0.6 is 0 Å². The number of hydrogen-bond donors (Lipinski definition) is 1. The highest BCUT2D eigenvalue weighted by atomic mass is 16.5. The molecule has 2 aromatic rings. The average molecular weight is 270 g/mol. The van der Waals surface area contributed by atoms with Gasteiger partial charge in [-0.3, -0.25) is 4.98 Å². The first kappa shape index (κ1) is 14.5. The fourth-order valence-electron chi connectivity index (χ4n) is 2.37. The molecule has 0 amide bonds. The van der Waals surface area contributed by atoms with Crippen LogP contribution in [0.1, 0.15) is 29.8 Å². The van der Waals surface area contributed by atoms with Gasteiger partial charge in [-0.2, -0.15) is 0 Å². The average Bonchev–Trinajstić information content (AvgIpc) is 2.48. The SMILES string of the molecule is CCNC(Cc1ccccn1)c1ccc(C)cc1OC. The van der Waals surface area contributed by atoms with Crippen LogP contribution in [0.25, 0.3) is 0 Å². The Morgan fingerprint density at radius 2 is 2.10 bits per heavy atom. The first-order valence-electron chi connectivity index (χ1n) is 7.02. The van der Waals surface area contributed by atoms with E-state index in [9.17, 15) is 0 Å². The maximum absolute atomic E-state index is 5.53. The molecule has 0 aliphatic heterocycles. The molecule has 0 aliphatic carbocycles. The molecule has 0 spiro atoms. The monoisotopic (exact) mass is 270 g/mol. The van der Waals surface area contributed by atoms with E-state index in [1.165, 1.54) is 11.1 Å². The number of benzene rings is 1. The van der Waals surface area contributed by atoms with Crippen molar-refractivity contribution in [2.45, 2.75) is 26.3 Å². The summed E-state index contributed by atoms with van der Waals surface area (Å²) in [6, 6.07) is 12.6. The molecule has 0 saturated heterocycles. The summed E-state index contributed by atoms with van der Waals surface area (Å²) in [7, 11) is 1.72. The second-order valence-electron chi connectivity index (χ2n) is 4.88. The number of likely N-dealkylation sites (N-methyl/N-ethyl adjacent to an activating group) is 1. The van der Waals surface area contributed by atoms with E-state index in [1.807, 2.05) is 18.3 Å². The zero-order chi connectivity index (χ0) is 14.4. The van der Waals surface area contributed by atoms with E-state index in [2.05, 4.69) is 48.4 Å². The van der Waals surface area contributed by atoms with Crippen LogP contribution in [-0.4, -0.2) is 18.6 Å². The number of ether oxygens (including phenoxy) is 1. The quantitative estimate of drug-likeness (QED) is 0.874. The zero-order valence-corrected chi connectivity index (χ0v) is 12.4. The van der Waals surface area contributed by atoms with Crippen molar-refractivity contribution in [2.75, 3.05) is 13.7 Å². The lowest BCUT2D eigenvalue weighted by atomic mass is 9.99. The number of hydrogen-bond acceptors (Lipinski definition) is 3. The second-order valence-corrected chi connectivity index (χ2v) is 4.88. The van der Waals surface area contributed by atoms with Gasteiger partial charge in [-0.25, -0.2) is 0 Å². The van der Waals surface area contributed by atoms with Gasteiger partial charge < -0.3 is 10.1 Å². The molecule has 0 fully saturated rings. The Hall–Kier alpha value is -1.87. The number of methoxy groups -OCH3 is 1. The van der Waals surface area contributed by atoms with Gasteiger partial charge in [-0.1, -0.05) is 25.1 Å².